The van der Waals surface area contributed by atoms with Crippen molar-refractivity contribution in [2.75, 3.05) is 19.6 Å². The van der Waals surface area contributed by atoms with E-state index < -0.39 is 0 Å². The van der Waals surface area contributed by atoms with E-state index in [1.165, 1.54) is 0 Å². The molecular formula is C10H21N3O. The number of oxime groups is 1. The molecule has 1 saturated heterocycles. The summed E-state index contributed by atoms with van der Waals surface area (Å²) in [7, 11) is 0. The average molecular weight is 199 g/mol. The molecule has 4 nitrogen and oxygen atoms in total. The maximum absolute atomic E-state index is 8.55. The maximum Gasteiger partial charge on any atom is 0.142 e. The number of nitrogens with two attached hydrogens (primary N) is 1. The molecule has 0 aromatic heterocycles. The molecule has 1 fully saturated rings. The fourth-order valence-electron chi connectivity index (χ4n) is 2.01. The Morgan fingerprint density at radius 1 is 1.50 bits per heavy atom. The lowest BCUT2D eigenvalue weighted by molar-refractivity contribution is 0.187. The van der Waals surface area contributed by atoms with Gasteiger partial charge in [0.15, 0.2) is 0 Å². The van der Waals surface area contributed by atoms with Gasteiger partial charge in [-0.1, -0.05) is 19.0 Å². The number of hydrogen-bond donors (Lipinski definition) is 2. The molecule has 0 aromatic carbocycles. The third-order valence-corrected chi connectivity index (χ3v) is 2.74. The average Bonchev–Trinajstić information content (AvgIpc) is 2.17. The van der Waals surface area contributed by atoms with Crippen LogP contribution in [0.3, 0.4) is 0 Å². The Bertz CT molecular complexity index is 196. The highest BCUT2D eigenvalue weighted by Gasteiger charge is 2.22. The molecule has 0 aliphatic carbocycles. The van der Waals surface area contributed by atoms with Crippen molar-refractivity contribution in [3.8, 4) is 0 Å². The van der Waals surface area contributed by atoms with Crippen molar-refractivity contribution in [1.29, 1.82) is 0 Å². The molecule has 0 saturated carbocycles. The zero-order valence-corrected chi connectivity index (χ0v) is 9.11. The van der Waals surface area contributed by atoms with E-state index in [1.807, 2.05) is 0 Å². The van der Waals surface area contributed by atoms with Gasteiger partial charge in [-0.05, 0) is 31.8 Å². The predicted molar refractivity (Wildman–Crippen MR) is 57.4 cm³/mol. The molecule has 0 radical (unpaired) electrons. The first-order valence-corrected chi connectivity index (χ1v) is 5.33. The van der Waals surface area contributed by atoms with E-state index in [-0.39, 0.29) is 5.92 Å². The molecule has 14 heavy (non-hydrogen) atoms. The molecule has 1 aliphatic rings. The molecule has 1 heterocycles. The van der Waals surface area contributed by atoms with Crippen molar-refractivity contribution in [2.24, 2.45) is 22.7 Å². The molecule has 82 valence electrons. The molecule has 1 rings (SSSR count). The fourth-order valence-corrected chi connectivity index (χ4v) is 2.01. The standard InChI is InChI=1S/C10H21N3O/c1-8(2)7-13-5-3-9(4-6-13)10(11)12-14/h8-9,14H,3-7H2,1-2H3,(H2,11,12). The van der Waals surface area contributed by atoms with Gasteiger partial charge < -0.3 is 15.8 Å². The van der Waals surface area contributed by atoms with E-state index >= 15 is 0 Å². The number of likely N-dealkylation sites (tertiary alicyclic amines) is 1. The van der Waals surface area contributed by atoms with Gasteiger partial charge in [-0.15, -0.1) is 0 Å². The maximum atomic E-state index is 8.55. The second-order valence-electron chi connectivity index (χ2n) is 4.49. The van der Waals surface area contributed by atoms with Gasteiger partial charge in [-0.25, -0.2) is 0 Å². The normalized spacial score (nSPS) is 21.8. The zero-order valence-electron chi connectivity index (χ0n) is 9.11. The monoisotopic (exact) mass is 199 g/mol. The number of hydrogen-bond acceptors (Lipinski definition) is 3. The van der Waals surface area contributed by atoms with Crippen LogP contribution in [-0.2, 0) is 0 Å². The van der Waals surface area contributed by atoms with E-state index in [2.05, 4.69) is 23.9 Å². The van der Waals surface area contributed by atoms with Crippen LogP contribution in [0.15, 0.2) is 5.16 Å². The molecule has 0 aromatic rings. The van der Waals surface area contributed by atoms with Crippen LogP contribution in [0, 0.1) is 11.8 Å². The second-order valence-corrected chi connectivity index (χ2v) is 4.49. The predicted octanol–water partition coefficient (Wildman–Crippen LogP) is 1.10. The smallest absolute Gasteiger partial charge is 0.142 e. The van der Waals surface area contributed by atoms with Crippen molar-refractivity contribution >= 4 is 5.84 Å². The van der Waals surface area contributed by atoms with Crippen LogP contribution in [-0.4, -0.2) is 35.6 Å². The number of amidine groups is 1. The van der Waals surface area contributed by atoms with Crippen LogP contribution in [0.5, 0.6) is 0 Å². The largest absolute Gasteiger partial charge is 0.409 e. The third kappa shape index (κ3) is 3.18. The van der Waals surface area contributed by atoms with Gasteiger partial charge in [-0.2, -0.15) is 0 Å². The summed E-state index contributed by atoms with van der Waals surface area (Å²) in [6.45, 7) is 7.76. The highest BCUT2D eigenvalue weighted by molar-refractivity contribution is 5.82. The Morgan fingerprint density at radius 2 is 2.07 bits per heavy atom. The van der Waals surface area contributed by atoms with Crippen molar-refractivity contribution < 1.29 is 5.21 Å². The summed E-state index contributed by atoms with van der Waals surface area (Å²) in [5.41, 5.74) is 5.58. The molecular weight excluding hydrogens is 178 g/mol. The van der Waals surface area contributed by atoms with Crippen LogP contribution >= 0.6 is 0 Å². The summed E-state index contributed by atoms with van der Waals surface area (Å²) < 4.78 is 0. The van der Waals surface area contributed by atoms with Gasteiger partial charge in [0.25, 0.3) is 0 Å². The molecule has 0 unspecified atom stereocenters. The SMILES string of the molecule is CC(C)CN1CCC(C(N)=NO)CC1. The zero-order chi connectivity index (χ0) is 10.6. The Hall–Kier alpha value is -0.770. The van der Waals surface area contributed by atoms with Crippen LogP contribution in [0.25, 0.3) is 0 Å². The quantitative estimate of drug-likeness (QED) is 0.310. The third-order valence-electron chi connectivity index (χ3n) is 2.74. The highest BCUT2D eigenvalue weighted by atomic mass is 16.4. The molecule has 0 amide bonds. The summed E-state index contributed by atoms with van der Waals surface area (Å²) in [5, 5.41) is 11.6. The van der Waals surface area contributed by atoms with Gasteiger partial charge >= 0.3 is 0 Å². The van der Waals surface area contributed by atoms with Crippen molar-refractivity contribution in [2.45, 2.75) is 26.7 Å². The molecule has 3 N–H and O–H groups in total. The lowest BCUT2D eigenvalue weighted by Crippen LogP contribution is -2.40. The van der Waals surface area contributed by atoms with Gasteiger partial charge in [-0.3, -0.25) is 0 Å². The van der Waals surface area contributed by atoms with Crippen LogP contribution in [0.2, 0.25) is 0 Å². The topological polar surface area (TPSA) is 61.8 Å². The molecule has 0 atom stereocenters. The first kappa shape index (κ1) is 11.3. The van der Waals surface area contributed by atoms with Gasteiger partial charge in [0, 0.05) is 12.5 Å². The Labute approximate surface area is 85.8 Å². The van der Waals surface area contributed by atoms with Gasteiger partial charge in [0.2, 0.25) is 0 Å². The summed E-state index contributed by atoms with van der Waals surface area (Å²) in [4.78, 5) is 2.45. The number of rotatable bonds is 3. The van der Waals surface area contributed by atoms with Crippen LogP contribution in [0.4, 0.5) is 0 Å². The van der Waals surface area contributed by atoms with Gasteiger partial charge in [0.1, 0.15) is 5.84 Å². The van der Waals surface area contributed by atoms with E-state index in [1.54, 1.807) is 0 Å². The first-order valence-electron chi connectivity index (χ1n) is 5.33. The second kappa shape index (κ2) is 5.20. The van der Waals surface area contributed by atoms with E-state index in [4.69, 9.17) is 10.9 Å². The minimum Gasteiger partial charge on any atom is -0.409 e. The van der Waals surface area contributed by atoms with E-state index in [9.17, 15) is 0 Å². The first-order chi connectivity index (χ1) is 6.63. The summed E-state index contributed by atoms with van der Waals surface area (Å²) in [5.74, 6) is 1.40. The molecule has 0 spiro atoms. The lowest BCUT2D eigenvalue weighted by atomic mass is 9.95. The molecule has 4 heteroatoms. The Kier molecular flexibility index (Phi) is 4.20. The molecule has 0 bridgehead atoms. The van der Waals surface area contributed by atoms with Crippen molar-refractivity contribution in [3.63, 3.8) is 0 Å². The van der Waals surface area contributed by atoms with Crippen molar-refractivity contribution in [1.82, 2.24) is 4.90 Å². The van der Waals surface area contributed by atoms with Gasteiger partial charge in [0.05, 0.1) is 0 Å². The van der Waals surface area contributed by atoms with E-state index in [0.29, 0.717) is 5.84 Å². The summed E-state index contributed by atoms with van der Waals surface area (Å²) >= 11 is 0. The highest BCUT2D eigenvalue weighted by Crippen LogP contribution is 2.17. The Morgan fingerprint density at radius 3 is 2.50 bits per heavy atom. The summed E-state index contributed by atoms with van der Waals surface area (Å²) in [6, 6.07) is 0. The van der Waals surface area contributed by atoms with Crippen molar-refractivity contribution in [3.05, 3.63) is 0 Å². The lowest BCUT2D eigenvalue weighted by Gasteiger charge is -2.32. The molecule has 1 aliphatic heterocycles. The Balaban J connectivity index is 2.31. The van der Waals surface area contributed by atoms with Crippen LogP contribution < -0.4 is 5.73 Å². The van der Waals surface area contributed by atoms with Crippen LogP contribution in [0.1, 0.15) is 26.7 Å². The minimum atomic E-state index is 0.281. The summed E-state index contributed by atoms with van der Waals surface area (Å²) in [6.07, 6.45) is 2.03. The minimum absolute atomic E-state index is 0.281. The number of piperidine rings is 1. The van der Waals surface area contributed by atoms with E-state index in [0.717, 1.165) is 38.4 Å². The fraction of sp³-hybridized carbons (Fsp3) is 0.900. The number of nitrogens with zero attached hydrogens (tertiary/aromatic N) is 2.